The summed E-state index contributed by atoms with van der Waals surface area (Å²) >= 11 is 5.95. The largest absolute Gasteiger partial charge is 0.478 e. The van der Waals surface area contributed by atoms with Crippen molar-refractivity contribution in [2.24, 2.45) is 0 Å². The lowest BCUT2D eigenvalue weighted by molar-refractivity contribution is 0.0697. The Balaban J connectivity index is 2.80. The van der Waals surface area contributed by atoms with Crippen LogP contribution in [0.3, 0.4) is 0 Å². The predicted molar refractivity (Wildman–Crippen MR) is 55.0 cm³/mol. The summed E-state index contributed by atoms with van der Waals surface area (Å²) < 4.78 is 0. The molecule has 0 aliphatic heterocycles. The van der Waals surface area contributed by atoms with Gasteiger partial charge in [-0.2, -0.15) is 0 Å². The third-order valence-electron chi connectivity index (χ3n) is 2.10. The van der Waals surface area contributed by atoms with Crippen LogP contribution in [0, 0.1) is 6.92 Å². The molecule has 0 fully saturated rings. The fraction of sp³-hybridized carbons (Fsp3) is 0.100. The van der Waals surface area contributed by atoms with E-state index in [-0.39, 0.29) is 5.56 Å². The zero-order valence-electron chi connectivity index (χ0n) is 7.47. The molecule has 0 saturated carbocycles. The second-order valence-corrected chi connectivity index (χ2v) is 3.52. The monoisotopic (exact) mass is 209 g/mol. The first-order valence-electron chi connectivity index (χ1n) is 4.10. The van der Waals surface area contributed by atoms with Crippen molar-refractivity contribution in [1.29, 1.82) is 0 Å². The predicted octanol–water partition coefficient (Wildman–Crippen LogP) is 2.83. The van der Waals surface area contributed by atoms with Crippen LogP contribution in [0.25, 0.3) is 10.9 Å². The summed E-state index contributed by atoms with van der Waals surface area (Å²) in [7, 11) is 0. The molecule has 1 heterocycles. The number of carboxylic acids is 1. The lowest BCUT2D eigenvalue weighted by Crippen LogP contribution is -1.96. The van der Waals surface area contributed by atoms with E-state index in [0.29, 0.717) is 5.02 Å². The minimum atomic E-state index is -1.00. The number of carboxylic acid groups (broad SMARTS) is 1. The van der Waals surface area contributed by atoms with Crippen molar-refractivity contribution in [2.75, 3.05) is 0 Å². The molecule has 4 heteroatoms. The maximum Gasteiger partial charge on any atom is 0.337 e. The van der Waals surface area contributed by atoms with E-state index in [0.717, 1.165) is 16.6 Å². The number of aryl methyl sites for hydroxylation is 1. The van der Waals surface area contributed by atoms with Gasteiger partial charge in [0.15, 0.2) is 0 Å². The van der Waals surface area contributed by atoms with Gasteiger partial charge in [-0.3, -0.25) is 0 Å². The van der Waals surface area contributed by atoms with Crippen LogP contribution < -0.4 is 0 Å². The van der Waals surface area contributed by atoms with E-state index in [4.69, 9.17) is 16.7 Å². The number of aromatic nitrogens is 1. The molecule has 1 aromatic heterocycles. The third-order valence-corrected chi connectivity index (χ3v) is 2.51. The number of hydrogen-bond acceptors (Lipinski definition) is 1. The van der Waals surface area contributed by atoms with Gasteiger partial charge in [0.25, 0.3) is 0 Å². The van der Waals surface area contributed by atoms with Crippen LogP contribution in [-0.2, 0) is 0 Å². The minimum absolute atomic E-state index is 0.137. The zero-order chi connectivity index (χ0) is 10.3. The quantitative estimate of drug-likeness (QED) is 0.759. The molecule has 0 atom stereocenters. The molecule has 1 aromatic carbocycles. The maximum atomic E-state index is 10.8. The number of aromatic carboxylic acids is 1. The van der Waals surface area contributed by atoms with E-state index in [1.807, 2.05) is 13.0 Å². The van der Waals surface area contributed by atoms with Gasteiger partial charge < -0.3 is 10.1 Å². The van der Waals surface area contributed by atoms with Crippen LogP contribution in [0.4, 0.5) is 0 Å². The molecule has 2 N–H and O–H groups in total. The number of carbonyl (C=O) groups is 1. The normalized spacial score (nSPS) is 10.7. The van der Waals surface area contributed by atoms with Crippen LogP contribution in [0.2, 0.25) is 5.02 Å². The number of aromatic amines is 1. The van der Waals surface area contributed by atoms with E-state index in [2.05, 4.69) is 4.98 Å². The number of benzene rings is 1. The van der Waals surface area contributed by atoms with Gasteiger partial charge >= 0.3 is 5.97 Å². The molecule has 0 amide bonds. The third kappa shape index (κ3) is 1.26. The van der Waals surface area contributed by atoms with Gasteiger partial charge in [-0.1, -0.05) is 11.6 Å². The molecular formula is C10H8ClNO2. The number of hydrogen-bond donors (Lipinski definition) is 2. The van der Waals surface area contributed by atoms with Crippen molar-refractivity contribution in [3.05, 3.63) is 34.5 Å². The number of fused-ring (bicyclic) bond motifs is 1. The minimum Gasteiger partial charge on any atom is -0.478 e. The Labute approximate surface area is 85.3 Å². The fourth-order valence-corrected chi connectivity index (χ4v) is 1.77. The molecule has 0 aliphatic carbocycles. The highest BCUT2D eigenvalue weighted by atomic mass is 35.5. The molecule has 0 unspecified atom stereocenters. The van der Waals surface area contributed by atoms with Gasteiger partial charge in [-0.05, 0) is 25.1 Å². The van der Waals surface area contributed by atoms with Crippen LogP contribution in [-0.4, -0.2) is 16.1 Å². The molecule has 0 saturated heterocycles. The smallest absolute Gasteiger partial charge is 0.337 e. The fourth-order valence-electron chi connectivity index (χ4n) is 1.47. The van der Waals surface area contributed by atoms with E-state index in [1.54, 1.807) is 6.07 Å². The first-order chi connectivity index (χ1) is 6.59. The summed E-state index contributed by atoms with van der Waals surface area (Å²) in [5.41, 5.74) is 1.96. The van der Waals surface area contributed by atoms with Crippen LogP contribution in [0.1, 0.15) is 16.1 Å². The van der Waals surface area contributed by atoms with Gasteiger partial charge in [0.1, 0.15) is 0 Å². The number of halogens is 1. The van der Waals surface area contributed by atoms with E-state index >= 15 is 0 Å². The first-order valence-corrected chi connectivity index (χ1v) is 4.48. The topological polar surface area (TPSA) is 53.1 Å². The summed E-state index contributed by atoms with van der Waals surface area (Å²) in [5, 5.41) is 9.88. The Kier molecular flexibility index (Phi) is 1.97. The lowest BCUT2D eigenvalue weighted by Gasteiger charge is -1.98. The summed E-state index contributed by atoms with van der Waals surface area (Å²) in [4.78, 5) is 13.9. The van der Waals surface area contributed by atoms with Crippen LogP contribution >= 0.6 is 11.6 Å². The zero-order valence-corrected chi connectivity index (χ0v) is 8.22. The van der Waals surface area contributed by atoms with Gasteiger partial charge in [0.05, 0.1) is 10.6 Å². The number of H-pyrrole nitrogens is 1. The average molecular weight is 210 g/mol. The van der Waals surface area contributed by atoms with Gasteiger partial charge in [-0.15, -0.1) is 0 Å². The van der Waals surface area contributed by atoms with E-state index in [9.17, 15) is 4.79 Å². The Morgan fingerprint density at radius 3 is 2.86 bits per heavy atom. The summed E-state index contributed by atoms with van der Waals surface area (Å²) in [5.74, 6) is -1.00. The first kappa shape index (κ1) is 9.09. The number of rotatable bonds is 1. The maximum absolute atomic E-state index is 10.8. The second kappa shape index (κ2) is 3.03. The molecule has 72 valence electrons. The summed E-state index contributed by atoms with van der Waals surface area (Å²) in [6.45, 7) is 1.90. The van der Waals surface area contributed by atoms with Crippen molar-refractivity contribution >= 4 is 28.5 Å². The van der Waals surface area contributed by atoms with Crippen molar-refractivity contribution in [1.82, 2.24) is 4.98 Å². The summed E-state index contributed by atoms with van der Waals surface area (Å²) in [6.07, 6.45) is 0. The average Bonchev–Trinajstić information content (AvgIpc) is 2.46. The highest BCUT2D eigenvalue weighted by Crippen LogP contribution is 2.27. The second-order valence-electron chi connectivity index (χ2n) is 3.15. The molecule has 0 bridgehead atoms. The molecule has 3 nitrogen and oxygen atoms in total. The van der Waals surface area contributed by atoms with Gasteiger partial charge in [0.2, 0.25) is 0 Å². The Hall–Kier alpha value is -1.48. The molecule has 14 heavy (non-hydrogen) atoms. The Bertz CT molecular complexity index is 516. The van der Waals surface area contributed by atoms with Crippen molar-refractivity contribution in [3.63, 3.8) is 0 Å². The molecule has 2 rings (SSSR count). The molecule has 2 aromatic rings. The standard InChI is InChI=1S/C10H8ClNO2/c1-5-4-7-8(12-5)3-2-6(9(7)11)10(13)14/h2-4,12H,1H3,(H,13,14). The van der Waals surface area contributed by atoms with Crippen molar-refractivity contribution in [2.45, 2.75) is 6.92 Å². The molecule has 0 spiro atoms. The highest BCUT2D eigenvalue weighted by Gasteiger charge is 2.12. The summed E-state index contributed by atoms with van der Waals surface area (Å²) in [6, 6.07) is 5.06. The lowest BCUT2D eigenvalue weighted by atomic mass is 10.1. The number of nitrogens with one attached hydrogen (secondary N) is 1. The van der Waals surface area contributed by atoms with Crippen LogP contribution in [0.5, 0.6) is 0 Å². The molecule has 0 aliphatic rings. The van der Waals surface area contributed by atoms with Crippen molar-refractivity contribution in [3.8, 4) is 0 Å². The van der Waals surface area contributed by atoms with Gasteiger partial charge in [-0.25, -0.2) is 4.79 Å². The molecule has 0 radical (unpaired) electrons. The van der Waals surface area contributed by atoms with E-state index in [1.165, 1.54) is 6.07 Å². The SMILES string of the molecule is Cc1cc2c(Cl)c(C(=O)O)ccc2[nH]1. The molecular weight excluding hydrogens is 202 g/mol. The Morgan fingerprint density at radius 1 is 1.50 bits per heavy atom. The van der Waals surface area contributed by atoms with Gasteiger partial charge in [0, 0.05) is 16.6 Å². The van der Waals surface area contributed by atoms with Crippen molar-refractivity contribution < 1.29 is 9.90 Å². The van der Waals surface area contributed by atoms with Crippen LogP contribution in [0.15, 0.2) is 18.2 Å². The highest BCUT2D eigenvalue weighted by molar-refractivity contribution is 6.38. The van der Waals surface area contributed by atoms with E-state index < -0.39 is 5.97 Å². The Morgan fingerprint density at radius 2 is 2.21 bits per heavy atom.